The first-order valence-electron chi connectivity index (χ1n) is 9.72. The SMILES string of the molecule is COc1ccc2c(c1)OC[C@@H](C(=O)N(C)Cc1nccn1Cc1ccccc1)C2. The number of rotatable bonds is 6. The molecule has 2 aromatic carbocycles. The summed E-state index contributed by atoms with van der Waals surface area (Å²) in [6.07, 6.45) is 4.40. The Morgan fingerprint density at radius 2 is 2.10 bits per heavy atom. The zero-order chi connectivity index (χ0) is 20.2. The van der Waals surface area contributed by atoms with Crippen molar-refractivity contribution in [2.24, 2.45) is 5.92 Å². The molecule has 0 radical (unpaired) electrons. The summed E-state index contributed by atoms with van der Waals surface area (Å²) in [4.78, 5) is 19.2. The Kier molecular flexibility index (Phi) is 5.51. The van der Waals surface area contributed by atoms with Crippen molar-refractivity contribution in [3.8, 4) is 11.5 Å². The topological polar surface area (TPSA) is 56.6 Å². The molecule has 1 aromatic heterocycles. The molecule has 1 aliphatic rings. The maximum atomic E-state index is 13.0. The van der Waals surface area contributed by atoms with Crippen LogP contribution in [-0.2, 0) is 24.3 Å². The zero-order valence-corrected chi connectivity index (χ0v) is 16.7. The minimum absolute atomic E-state index is 0.0701. The average Bonchev–Trinajstić information content (AvgIpc) is 3.19. The Balaban J connectivity index is 1.41. The zero-order valence-electron chi connectivity index (χ0n) is 16.7. The molecule has 0 saturated carbocycles. The number of hydrogen-bond donors (Lipinski definition) is 0. The van der Waals surface area contributed by atoms with Crippen LogP contribution in [0.2, 0.25) is 0 Å². The number of hydrogen-bond acceptors (Lipinski definition) is 4. The maximum Gasteiger partial charge on any atom is 0.229 e. The van der Waals surface area contributed by atoms with Crippen molar-refractivity contribution < 1.29 is 14.3 Å². The van der Waals surface area contributed by atoms with E-state index >= 15 is 0 Å². The number of carbonyl (C=O) groups excluding carboxylic acids is 1. The molecule has 0 aliphatic carbocycles. The van der Waals surface area contributed by atoms with Gasteiger partial charge in [-0.1, -0.05) is 36.4 Å². The highest BCUT2D eigenvalue weighted by atomic mass is 16.5. The molecule has 1 atom stereocenters. The van der Waals surface area contributed by atoms with Gasteiger partial charge in [-0.15, -0.1) is 0 Å². The van der Waals surface area contributed by atoms with Gasteiger partial charge in [-0.2, -0.15) is 0 Å². The van der Waals surface area contributed by atoms with Crippen molar-refractivity contribution in [1.82, 2.24) is 14.5 Å². The Morgan fingerprint density at radius 1 is 1.28 bits per heavy atom. The number of methoxy groups -OCH3 is 1. The second-order valence-electron chi connectivity index (χ2n) is 7.34. The van der Waals surface area contributed by atoms with E-state index in [4.69, 9.17) is 9.47 Å². The summed E-state index contributed by atoms with van der Waals surface area (Å²) in [5.41, 5.74) is 2.24. The van der Waals surface area contributed by atoms with Gasteiger partial charge in [0.1, 0.15) is 23.9 Å². The van der Waals surface area contributed by atoms with Crippen molar-refractivity contribution in [1.29, 1.82) is 0 Å². The molecule has 6 nitrogen and oxygen atoms in total. The van der Waals surface area contributed by atoms with Crippen LogP contribution in [0.25, 0.3) is 0 Å². The minimum atomic E-state index is -0.196. The summed E-state index contributed by atoms with van der Waals surface area (Å²) in [6, 6.07) is 16.0. The maximum absolute atomic E-state index is 13.0. The lowest BCUT2D eigenvalue weighted by Crippen LogP contribution is -2.38. The normalized spacial score (nSPS) is 15.3. The first-order chi connectivity index (χ1) is 14.1. The number of ether oxygens (including phenoxy) is 2. The number of aromatic nitrogens is 2. The molecule has 150 valence electrons. The van der Waals surface area contributed by atoms with Crippen LogP contribution < -0.4 is 9.47 Å². The fourth-order valence-electron chi connectivity index (χ4n) is 3.66. The van der Waals surface area contributed by atoms with Crippen molar-refractivity contribution in [2.75, 3.05) is 20.8 Å². The Morgan fingerprint density at radius 3 is 2.90 bits per heavy atom. The lowest BCUT2D eigenvalue weighted by atomic mass is 9.95. The van der Waals surface area contributed by atoms with Gasteiger partial charge in [0.25, 0.3) is 0 Å². The molecule has 3 aromatic rings. The van der Waals surface area contributed by atoms with Crippen molar-refractivity contribution in [3.05, 3.63) is 77.9 Å². The number of imidazole rings is 1. The largest absolute Gasteiger partial charge is 0.497 e. The first kappa shape index (κ1) is 19.1. The molecule has 0 N–H and O–H groups in total. The second kappa shape index (κ2) is 8.39. The minimum Gasteiger partial charge on any atom is -0.497 e. The highest BCUT2D eigenvalue weighted by Gasteiger charge is 2.29. The van der Waals surface area contributed by atoms with Gasteiger partial charge in [0.2, 0.25) is 5.91 Å². The molecule has 0 unspecified atom stereocenters. The molecule has 6 heteroatoms. The molecule has 0 spiro atoms. The highest BCUT2D eigenvalue weighted by molar-refractivity contribution is 5.79. The number of fused-ring (bicyclic) bond motifs is 1. The van der Waals surface area contributed by atoms with Gasteiger partial charge in [-0.3, -0.25) is 4.79 Å². The number of amides is 1. The van der Waals surface area contributed by atoms with Crippen LogP contribution in [0.15, 0.2) is 60.9 Å². The van der Waals surface area contributed by atoms with E-state index in [1.54, 1.807) is 18.2 Å². The predicted octanol–water partition coefficient (Wildman–Crippen LogP) is 3.15. The third-order valence-electron chi connectivity index (χ3n) is 5.28. The molecular formula is C23H25N3O3. The van der Waals surface area contributed by atoms with E-state index in [2.05, 4.69) is 21.7 Å². The number of carbonyl (C=O) groups is 1. The van der Waals surface area contributed by atoms with Crippen molar-refractivity contribution in [3.63, 3.8) is 0 Å². The van der Waals surface area contributed by atoms with E-state index in [-0.39, 0.29) is 11.8 Å². The fourth-order valence-corrected chi connectivity index (χ4v) is 3.66. The van der Waals surface area contributed by atoms with Crippen LogP contribution in [0.5, 0.6) is 11.5 Å². The summed E-state index contributed by atoms with van der Waals surface area (Å²) in [6.45, 7) is 1.58. The smallest absolute Gasteiger partial charge is 0.229 e. The summed E-state index contributed by atoms with van der Waals surface area (Å²) < 4.78 is 13.2. The Bertz CT molecular complexity index is 984. The lowest BCUT2D eigenvalue weighted by Gasteiger charge is -2.28. The molecule has 1 amide bonds. The molecule has 0 fully saturated rings. The number of nitrogens with zero attached hydrogens (tertiary/aromatic N) is 3. The van der Waals surface area contributed by atoms with Gasteiger partial charge in [0.05, 0.1) is 19.6 Å². The average molecular weight is 391 g/mol. The first-order valence-corrected chi connectivity index (χ1v) is 9.72. The standard InChI is InChI=1S/C23H25N3O3/c1-25(15-22-24-10-11-26(22)14-17-6-4-3-5-7-17)23(27)19-12-18-8-9-20(28-2)13-21(18)29-16-19/h3-11,13,19H,12,14-16H2,1-2H3/t19-/m0/s1. The summed E-state index contributed by atoms with van der Waals surface area (Å²) >= 11 is 0. The Labute approximate surface area is 170 Å². The van der Waals surface area contributed by atoms with Crippen molar-refractivity contribution in [2.45, 2.75) is 19.5 Å². The fraction of sp³-hybridized carbons (Fsp3) is 0.304. The van der Waals surface area contributed by atoms with Gasteiger partial charge in [-0.25, -0.2) is 4.98 Å². The van der Waals surface area contributed by atoms with E-state index in [9.17, 15) is 4.79 Å². The van der Waals surface area contributed by atoms with Gasteiger partial charge in [-0.05, 0) is 23.6 Å². The molecule has 2 heterocycles. The molecule has 4 rings (SSSR count). The van der Waals surface area contributed by atoms with E-state index in [0.29, 0.717) is 19.6 Å². The molecule has 29 heavy (non-hydrogen) atoms. The molecule has 1 aliphatic heterocycles. The van der Waals surface area contributed by atoms with Crippen LogP contribution >= 0.6 is 0 Å². The highest BCUT2D eigenvalue weighted by Crippen LogP contribution is 2.31. The quantitative estimate of drug-likeness (QED) is 0.648. The lowest BCUT2D eigenvalue weighted by molar-refractivity contribution is -0.136. The summed E-state index contributed by atoms with van der Waals surface area (Å²) in [5, 5.41) is 0. The van der Waals surface area contributed by atoms with Crippen LogP contribution in [0, 0.1) is 5.92 Å². The summed E-state index contributed by atoms with van der Waals surface area (Å²) in [7, 11) is 3.46. The number of benzene rings is 2. The van der Waals surface area contributed by atoms with Crippen LogP contribution in [0.1, 0.15) is 17.0 Å². The van der Waals surface area contributed by atoms with Gasteiger partial charge < -0.3 is 18.9 Å². The van der Waals surface area contributed by atoms with E-state index in [1.165, 1.54) is 5.56 Å². The van der Waals surface area contributed by atoms with E-state index in [0.717, 1.165) is 29.4 Å². The molecule has 0 saturated heterocycles. The monoisotopic (exact) mass is 391 g/mol. The third kappa shape index (κ3) is 4.26. The molecular weight excluding hydrogens is 366 g/mol. The molecule has 0 bridgehead atoms. The van der Waals surface area contributed by atoms with Gasteiger partial charge in [0, 0.05) is 32.1 Å². The van der Waals surface area contributed by atoms with Crippen LogP contribution in [0.3, 0.4) is 0 Å². The predicted molar refractivity (Wildman–Crippen MR) is 110 cm³/mol. The second-order valence-corrected chi connectivity index (χ2v) is 7.34. The Hall–Kier alpha value is -3.28. The van der Waals surface area contributed by atoms with Crippen molar-refractivity contribution >= 4 is 5.91 Å². The van der Waals surface area contributed by atoms with Gasteiger partial charge in [0.15, 0.2) is 0 Å². The van der Waals surface area contributed by atoms with E-state index in [1.807, 2.05) is 49.6 Å². The third-order valence-corrected chi connectivity index (χ3v) is 5.28. The van der Waals surface area contributed by atoms with Gasteiger partial charge >= 0.3 is 0 Å². The summed E-state index contributed by atoms with van der Waals surface area (Å²) in [5.74, 6) is 2.30. The van der Waals surface area contributed by atoms with Crippen LogP contribution in [-0.4, -0.2) is 41.1 Å². The van der Waals surface area contributed by atoms with E-state index < -0.39 is 0 Å². The van der Waals surface area contributed by atoms with Crippen LogP contribution in [0.4, 0.5) is 0 Å².